The summed E-state index contributed by atoms with van der Waals surface area (Å²) in [7, 11) is 0. The highest BCUT2D eigenvalue weighted by Gasteiger charge is 1.92. The number of hydrogen-bond donors (Lipinski definition) is 0. The standard InChI is InChI=1S/C8H8ClN3/c9-3-1-2-4-12-7-8(5-10)6-11-12/h1-2,6-7H,3-4H2/b2-1+. The third-order valence-electron chi connectivity index (χ3n) is 1.31. The van der Waals surface area contributed by atoms with Crippen molar-refractivity contribution >= 4 is 11.6 Å². The van der Waals surface area contributed by atoms with Gasteiger partial charge in [0, 0.05) is 12.1 Å². The molecule has 0 aliphatic carbocycles. The fourth-order valence-electron chi connectivity index (χ4n) is 0.767. The Morgan fingerprint density at radius 2 is 2.50 bits per heavy atom. The minimum absolute atomic E-state index is 0.506. The Bertz CT molecular complexity index is 308. The molecule has 12 heavy (non-hydrogen) atoms. The predicted octanol–water partition coefficient (Wildman–Crippen LogP) is 1.55. The molecule has 0 aromatic carbocycles. The molecule has 0 N–H and O–H groups in total. The third-order valence-corrected chi connectivity index (χ3v) is 1.49. The summed E-state index contributed by atoms with van der Waals surface area (Å²) in [4.78, 5) is 0. The lowest BCUT2D eigenvalue weighted by molar-refractivity contribution is 0.701. The molecule has 0 spiro atoms. The maximum atomic E-state index is 8.48. The second-order valence-corrected chi connectivity index (χ2v) is 2.50. The Kier molecular flexibility index (Phi) is 3.36. The lowest BCUT2D eigenvalue weighted by atomic mass is 10.4. The fraction of sp³-hybridized carbons (Fsp3) is 0.250. The molecule has 0 radical (unpaired) electrons. The first-order valence-electron chi connectivity index (χ1n) is 3.50. The van der Waals surface area contributed by atoms with Gasteiger partial charge in [-0.15, -0.1) is 11.6 Å². The van der Waals surface area contributed by atoms with E-state index < -0.39 is 0 Å². The van der Waals surface area contributed by atoms with Crippen LogP contribution in [-0.4, -0.2) is 15.7 Å². The van der Waals surface area contributed by atoms with Gasteiger partial charge in [0.2, 0.25) is 0 Å². The van der Waals surface area contributed by atoms with Gasteiger partial charge in [-0.2, -0.15) is 10.4 Å². The first-order chi connectivity index (χ1) is 5.86. The first kappa shape index (κ1) is 8.82. The predicted molar refractivity (Wildman–Crippen MR) is 46.8 cm³/mol. The summed E-state index contributed by atoms with van der Waals surface area (Å²) in [6.45, 7) is 0.661. The Morgan fingerprint density at radius 1 is 1.67 bits per heavy atom. The molecule has 0 atom stereocenters. The SMILES string of the molecule is N#Cc1cnn(C/C=C/CCl)c1. The van der Waals surface area contributed by atoms with E-state index in [4.69, 9.17) is 16.9 Å². The monoisotopic (exact) mass is 181 g/mol. The summed E-state index contributed by atoms with van der Waals surface area (Å²) in [5, 5.41) is 12.4. The number of hydrogen-bond acceptors (Lipinski definition) is 2. The third kappa shape index (κ3) is 2.40. The smallest absolute Gasteiger partial charge is 0.102 e. The van der Waals surface area contributed by atoms with Crippen molar-refractivity contribution in [1.82, 2.24) is 9.78 Å². The van der Waals surface area contributed by atoms with Crippen LogP contribution in [0.5, 0.6) is 0 Å². The number of nitrogens with zero attached hydrogens (tertiary/aromatic N) is 3. The molecule has 0 saturated carbocycles. The molecule has 0 saturated heterocycles. The van der Waals surface area contributed by atoms with Crippen molar-refractivity contribution in [3.63, 3.8) is 0 Å². The summed E-state index contributed by atoms with van der Waals surface area (Å²) in [6.07, 6.45) is 6.98. The van der Waals surface area contributed by atoms with Crippen LogP contribution in [0, 0.1) is 11.3 Å². The van der Waals surface area contributed by atoms with Gasteiger partial charge >= 0.3 is 0 Å². The number of rotatable bonds is 3. The van der Waals surface area contributed by atoms with Crippen LogP contribution in [0.3, 0.4) is 0 Å². The second kappa shape index (κ2) is 4.58. The van der Waals surface area contributed by atoms with Crippen LogP contribution in [-0.2, 0) is 6.54 Å². The maximum Gasteiger partial charge on any atom is 0.102 e. The number of alkyl halides is 1. The van der Waals surface area contributed by atoms with Crippen molar-refractivity contribution in [3.8, 4) is 6.07 Å². The van der Waals surface area contributed by atoms with E-state index in [1.807, 2.05) is 18.2 Å². The minimum atomic E-state index is 0.506. The van der Waals surface area contributed by atoms with Crippen molar-refractivity contribution in [2.24, 2.45) is 0 Å². The molecular formula is C8H8ClN3. The molecule has 0 amide bonds. The van der Waals surface area contributed by atoms with Crippen LogP contribution in [0.1, 0.15) is 5.56 Å². The maximum absolute atomic E-state index is 8.48. The average Bonchev–Trinajstić information content (AvgIpc) is 2.53. The minimum Gasteiger partial charge on any atom is -0.268 e. The average molecular weight is 182 g/mol. The molecule has 1 rings (SSSR count). The molecule has 3 nitrogen and oxygen atoms in total. The van der Waals surface area contributed by atoms with Gasteiger partial charge in [-0.05, 0) is 0 Å². The van der Waals surface area contributed by atoms with E-state index in [2.05, 4.69) is 5.10 Å². The van der Waals surface area contributed by atoms with E-state index in [1.165, 1.54) is 6.20 Å². The van der Waals surface area contributed by atoms with Gasteiger partial charge < -0.3 is 0 Å². The summed E-state index contributed by atoms with van der Waals surface area (Å²) in [6, 6.07) is 2.00. The van der Waals surface area contributed by atoms with Gasteiger partial charge in [0.15, 0.2) is 0 Å². The Balaban J connectivity index is 2.54. The molecule has 0 aliphatic rings. The van der Waals surface area contributed by atoms with Crippen LogP contribution in [0.4, 0.5) is 0 Å². The van der Waals surface area contributed by atoms with Crippen LogP contribution in [0.2, 0.25) is 0 Å². The van der Waals surface area contributed by atoms with E-state index in [0.29, 0.717) is 18.0 Å². The molecule has 0 unspecified atom stereocenters. The van der Waals surface area contributed by atoms with Crippen LogP contribution >= 0.6 is 11.6 Å². The largest absolute Gasteiger partial charge is 0.268 e. The van der Waals surface area contributed by atoms with E-state index in [0.717, 1.165) is 0 Å². The van der Waals surface area contributed by atoms with Crippen LogP contribution < -0.4 is 0 Å². The highest BCUT2D eigenvalue weighted by molar-refractivity contribution is 6.18. The number of allylic oxidation sites excluding steroid dienone is 2. The van der Waals surface area contributed by atoms with Gasteiger partial charge in [-0.25, -0.2) is 0 Å². The summed E-state index contributed by atoms with van der Waals surface area (Å²) >= 11 is 5.43. The van der Waals surface area contributed by atoms with E-state index in [9.17, 15) is 0 Å². The zero-order valence-electron chi connectivity index (χ0n) is 6.44. The van der Waals surface area contributed by atoms with Crippen molar-refractivity contribution in [3.05, 3.63) is 30.1 Å². The molecule has 0 bridgehead atoms. The van der Waals surface area contributed by atoms with Gasteiger partial charge in [0.1, 0.15) is 6.07 Å². The van der Waals surface area contributed by atoms with Crippen molar-refractivity contribution in [2.75, 3.05) is 5.88 Å². The molecule has 0 fully saturated rings. The van der Waals surface area contributed by atoms with E-state index >= 15 is 0 Å². The quantitative estimate of drug-likeness (QED) is 0.525. The summed E-state index contributed by atoms with van der Waals surface area (Å²) in [5.41, 5.74) is 0.578. The molecular weight excluding hydrogens is 174 g/mol. The van der Waals surface area contributed by atoms with Crippen molar-refractivity contribution in [2.45, 2.75) is 6.54 Å². The zero-order chi connectivity index (χ0) is 8.81. The van der Waals surface area contributed by atoms with E-state index in [1.54, 1.807) is 10.9 Å². The Labute approximate surface area is 75.9 Å². The highest BCUT2D eigenvalue weighted by atomic mass is 35.5. The Hall–Kier alpha value is -1.27. The highest BCUT2D eigenvalue weighted by Crippen LogP contribution is 1.94. The topological polar surface area (TPSA) is 41.6 Å². The number of halogens is 1. The lowest BCUT2D eigenvalue weighted by Gasteiger charge is -1.91. The van der Waals surface area contributed by atoms with Gasteiger partial charge in [-0.3, -0.25) is 4.68 Å². The lowest BCUT2D eigenvalue weighted by Crippen LogP contribution is -1.94. The number of nitriles is 1. The second-order valence-electron chi connectivity index (χ2n) is 2.19. The van der Waals surface area contributed by atoms with Crippen molar-refractivity contribution < 1.29 is 0 Å². The molecule has 1 aromatic rings. The van der Waals surface area contributed by atoms with Gasteiger partial charge in [0.25, 0.3) is 0 Å². The number of aromatic nitrogens is 2. The molecule has 4 heteroatoms. The fourth-order valence-corrected chi connectivity index (χ4v) is 0.893. The normalized spacial score (nSPS) is 10.3. The zero-order valence-corrected chi connectivity index (χ0v) is 7.20. The van der Waals surface area contributed by atoms with E-state index in [-0.39, 0.29) is 0 Å². The van der Waals surface area contributed by atoms with Crippen LogP contribution in [0.25, 0.3) is 0 Å². The molecule has 1 aromatic heterocycles. The van der Waals surface area contributed by atoms with Gasteiger partial charge in [-0.1, -0.05) is 12.2 Å². The summed E-state index contributed by atoms with van der Waals surface area (Å²) in [5.74, 6) is 0.506. The molecule has 62 valence electrons. The van der Waals surface area contributed by atoms with Crippen molar-refractivity contribution in [1.29, 1.82) is 5.26 Å². The van der Waals surface area contributed by atoms with Gasteiger partial charge in [0.05, 0.1) is 18.3 Å². The summed E-state index contributed by atoms with van der Waals surface area (Å²) < 4.78 is 1.68. The molecule has 1 heterocycles. The first-order valence-corrected chi connectivity index (χ1v) is 4.04. The van der Waals surface area contributed by atoms with Crippen LogP contribution in [0.15, 0.2) is 24.5 Å². The Morgan fingerprint density at radius 3 is 3.08 bits per heavy atom. The molecule has 0 aliphatic heterocycles.